The van der Waals surface area contributed by atoms with E-state index in [2.05, 4.69) is 0 Å². The predicted molar refractivity (Wildman–Crippen MR) is 58.6 cm³/mol. The third kappa shape index (κ3) is 2.63. The fourth-order valence-corrected chi connectivity index (χ4v) is 2.87. The molecule has 0 bridgehead atoms. The molecule has 15 heavy (non-hydrogen) atoms. The molecule has 3 nitrogen and oxygen atoms in total. The maximum atomic E-state index is 11.2. The van der Waals surface area contributed by atoms with E-state index in [1.165, 1.54) is 12.1 Å². The first-order chi connectivity index (χ1) is 6.90. The smallest absolute Gasteiger partial charge is 0.207 e. The van der Waals surface area contributed by atoms with E-state index in [1.807, 2.05) is 6.07 Å². The molecule has 0 aliphatic heterocycles. The minimum atomic E-state index is -3.86. The molecule has 0 aromatic heterocycles. The molecule has 0 fully saturated rings. The quantitative estimate of drug-likeness (QED) is 0.771. The second kappa shape index (κ2) is 4.40. The van der Waals surface area contributed by atoms with Crippen LogP contribution in [0.5, 0.6) is 0 Å². The van der Waals surface area contributed by atoms with E-state index in [9.17, 15) is 8.42 Å². The Balaban J connectivity index is 3.63. The Bertz CT molecular complexity index is 532. The van der Waals surface area contributed by atoms with Crippen LogP contribution in [0.4, 0.5) is 0 Å². The Morgan fingerprint density at radius 3 is 2.47 bits per heavy atom. The topological polar surface area (TPSA) is 57.9 Å². The molecule has 0 aliphatic rings. The standard InChI is InChI=1S/C9H7Cl2NO2S/c1-2-7-8(10)3-6(5-12)4-9(7)15(11,13)14/h3-4H,2H2,1H3. The van der Waals surface area contributed by atoms with Crippen LogP contribution in [0.15, 0.2) is 17.0 Å². The Morgan fingerprint density at radius 1 is 1.47 bits per heavy atom. The fourth-order valence-electron chi connectivity index (χ4n) is 1.24. The van der Waals surface area contributed by atoms with Gasteiger partial charge in [-0.2, -0.15) is 5.26 Å². The van der Waals surface area contributed by atoms with Gasteiger partial charge >= 0.3 is 0 Å². The van der Waals surface area contributed by atoms with Gasteiger partial charge in [0.15, 0.2) is 0 Å². The molecule has 0 radical (unpaired) electrons. The monoisotopic (exact) mass is 263 g/mol. The van der Waals surface area contributed by atoms with Crippen LogP contribution in [-0.4, -0.2) is 8.42 Å². The number of rotatable bonds is 2. The predicted octanol–water partition coefficient (Wildman–Crippen LogP) is 2.70. The highest BCUT2D eigenvalue weighted by Crippen LogP contribution is 2.28. The maximum Gasteiger partial charge on any atom is 0.261 e. The number of halogens is 2. The van der Waals surface area contributed by atoms with Gasteiger partial charge in [-0.15, -0.1) is 0 Å². The third-order valence-electron chi connectivity index (χ3n) is 1.90. The number of nitrogens with zero attached hydrogens (tertiary/aromatic N) is 1. The van der Waals surface area contributed by atoms with E-state index in [1.54, 1.807) is 6.92 Å². The fraction of sp³-hybridized carbons (Fsp3) is 0.222. The van der Waals surface area contributed by atoms with Crippen LogP contribution in [0.1, 0.15) is 18.1 Å². The Hall–Kier alpha value is -0.760. The van der Waals surface area contributed by atoms with Gasteiger partial charge in [-0.1, -0.05) is 18.5 Å². The van der Waals surface area contributed by atoms with Crippen molar-refractivity contribution in [1.29, 1.82) is 5.26 Å². The highest BCUT2D eigenvalue weighted by molar-refractivity contribution is 8.13. The van der Waals surface area contributed by atoms with E-state index >= 15 is 0 Å². The summed E-state index contributed by atoms with van der Waals surface area (Å²) in [5.74, 6) is 0. The van der Waals surface area contributed by atoms with Crippen molar-refractivity contribution < 1.29 is 8.42 Å². The van der Waals surface area contributed by atoms with Crippen LogP contribution in [0.2, 0.25) is 5.02 Å². The summed E-state index contributed by atoms with van der Waals surface area (Å²) in [4.78, 5) is -0.0873. The zero-order valence-electron chi connectivity index (χ0n) is 7.79. The highest BCUT2D eigenvalue weighted by atomic mass is 35.7. The summed E-state index contributed by atoms with van der Waals surface area (Å²) in [5, 5.41) is 8.92. The summed E-state index contributed by atoms with van der Waals surface area (Å²) in [5.41, 5.74) is 0.613. The van der Waals surface area contributed by atoms with Crippen LogP contribution in [0.3, 0.4) is 0 Å². The van der Waals surface area contributed by atoms with Gasteiger partial charge in [0.1, 0.15) is 0 Å². The van der Waals surface area contributed by atoms with Crippen molar-refractivity contribution in [2.24, 2.45) is 0 Å². The molecule has 0 unspecified atom stereocenters. The number of benzene rings is 1. The van der Waals surface area contributed by atoms with Gasteiger partial charge in [0.25, 0.3) is 9.05 Å². The lowest BCUT2D eigenvalue weighted by Crippen LogP contribution is -1.99. The normalized spacial score (nSPS) is 11.1. The van der Waals surface area contributed by atoms with Crippen molar-refractivity contribution in [2.75, 3.05) is 0 Å². The summed E-state index contributed by atoms with van der Waals surface area (Å²) >= 11 is 5.85. The molecule has 0 heterocycles. The molecular formula is C9H7Cl2NO2S. The van der Waals surface area contributed by atoms with Crippen LogP contribution in [-0.2, 0) is 15.5 Å². The molecular weight excluding hydrogens is 257 g/mol. The lowest BCUT2D eigenvalue weighted by atomic mass is 10.1. The van der Waals surface area contributed by atoms with Gasteiger partial charge in [-0.05, 0) is 24.1 Å². The summed E-state index contributed by atoms with van der Waals surface area (Å²) in [7, 11) is 1.38. The zero-order valence-corrected chi connectivity index (χ0v) is 10.1. The Kier molecular flexibility index (Phi) is 3.61. The number of hydrogen-bond acceptors (Lipinski definition) is 3. The van der Waals surface area contributed by atoms with E-state index in [-0.39, 0.29) is 15.5 Å². The molecule has 0 spiro atoms. The highest BCUT2D eigenvalue weighted by Gasteiger charge is 2.18. The van der Waals surface area contributed by atoms with Gasteiger partial charge in [0.2, 0.25) is 0 Å². The van der Waals surface area contributed by atoms with Crippen molar-refractivity contribution in [3.8, 4) is 6.07 Å². The molecule has 1 rings (SSSR count). The molecule has 6 heteroatoms. The minimum Gasteiger partial charge on any atom is -0.207 e. The van der Waals surface area contributed by atoms with Gasteiger partial charge in [-0.25, -0.2) is 8.42 Å². The van der Waals surface area contributed by atoms with Gasteiger partial charge < -0.3 is 0 Å². The molecule has 0 N–H and O–H groups in total. The molecule has 0 atom stereocenters. The maximum absolute atomic E-state index is 11.2. The first kappa shape index (κ1) is 12.3. The summed E-state index contributed by atoms with van der Waals surface area (Å²) < 4.78 is 22.5. The number of hydrogen-bond donors (Lipinski definition) is 0. The second-order valence-corrected chi connectivity index (χ2v) is 5.78. The molecule has 1 aromatic rings. The first-order valence-electron chi connectivity index (χ1n) is 4.07. The average molecular weight is 264 g/mol. The summed E-state index contributed by atoms with van der Waals surface area (Å²) in [6, 6.07) is 4.48. The molecule has 1 aromatic carbocycles. The van der Waals surface area contributed by atoms with Crippen LogP contribution in [0, 0.1) is 11.3 Å². The Labute approximate surface area is 97.7 Å². The SMILES string of the molecule is CCc1c(Cl)cc(C#N)cc1S(=O)(=O)Cl. The van der Waals surface area contributed by atoms with Crippen LogP contribution < -0.4 is 0 Å². The van der Waals surface area contributed by atoms with Crippen molar-refractivity contribution >= 4 is 31.3 Å². The van der Waals surface area contributed by atoms with Gasteiger partial charge in [0.05, 0.1) is 16.5 Å². The second-order valence-electron chi connectivity index (χ2n) is 2.84. The van der Waals surface area contributed by atoms with Crippen molar-refractivity contribution in [3.63, 3.8) is 0 Å². The van der Waals surface area contributed by atoms with Gasteiger partial charge in [-0.3, -0.25) is 0 Å². The van der Waals surface area contributed by atoms with E-state index in [0.29, 0.717) is 12.0 Å². The lowest BCUT2D eigenvalue weighted by Gasteiger charge is -2.07. The van der Waals surface area contributed by atoms with Crippen molar-refractivity contribution in [1.82, 2.24) is 0 Å². The van der Waals surface area contributed by atoms with E-state index in [4.69, 9.17) is 27.5 Å². The zero-order chi connectivity index (χ0) is 11.6. The summed E-state index contributed by atoms with van der Waals surface area (Å²) in [6.07, 6.45) is 0.436. The third-order valence-corrected chi connectivity index (χ3v) is 3.63. The molecule has 0 aliphatic carbocycles. The van der Waals surface area contributed by atoms with Crippen LogP contribution in [0.25, 0.3) is 0 Å². The van der Waals surface area contributed by atoms with Gasteiger partial charge in [0, 0.05) is 15.7 Å². The Morgan fingerprint density at radius 2 is 2.07 bits per heavy atom. The van der Waals surface area contributed by atoms with E-state index in [0.717, 1.165) is 0 Å². The van der Waals surface area contributed by atoms with Crippen LogP contribution >= 0.6 is 22.3 Å². The summed E-state index contributed by atoms with van der Waals surface area (Å²) in [6.45, 7) is 1.76. The molecule has 0 amide bonds. The van der Waals surface area contributed by atoms with Crippen molar-refractivity contribution in [3.05, 3.63) is 28.3 Å². The average Bonchev–Trinajstić information content (AvgIpc) is 2.15. The first-order valence-corrected chi connectivity index (χ1v) is 6.76. The largest absolute Gasteiger partial charge is 0.261 e. The van der Waals surface area contributed by atoms with Crippen molar-refractivity contribution in [2.45, 2.75) is 18.2 Å². The number of nitriles is 1. The lowest BCUT2D eigenvalue weighted by molar-refractivity contribution is 0.608. The minimum absolute atomic E-state index is 0.0873. The molecule has 80 valence electrons. The molecule has 0 saturated carbocycles. The van der Waals surface area contributed by atoms with E-state index < -0.39 is 9.05 Å². The molecule has 0 saturated heterocycles.